The highest BCUT2D eigenvalue weighted by Gasteiger charge is 2.11. The Bertz CT molecular complexity index is 348. The Kier molecular flexibility index (Phi) is 3.71. The van der Waals surface area contributed by atoms with Crippen LogP contribution in [0.2, 0.25) is 0 Å². The van der Waals surface area contributed by atoms with E-state index in [4.69, 9.17) is 6.42 Å². The summed E-state index contributed by atoms with van der Waals surface area (Å²) in [5, 5.41) is 0. The molecule has 74 valence electrons. The first-order valence-electron chi connectivity index (χ1n) is 4.97. The van der Waals surface area contributed by atoms with Gasteiger partial charge in [0.2, 0.25) is 0 Å². The molecule has 0 aliphatic heterocycles. The van der Waals surface area contributed by atoms with Gasteiger partial charge in [-0.15, -0.1) is 6.42 Å². The van der Waals surface area contributed by atoms with E-state index in [-0.39, 0.29) is 5.83 Å². The van der Waals surface area contributed by atoms with E-state index in [9.17, 15) is 4.39 Å². The Balaban J connectivity index is 3.09. The lowest BCUT2D eigenvalue weighted by Crippen LogP contribution is -1.87. The van der Waals surface area contributed by atoms with Crippen LogP contribution in [0.5, 0.6) is 0 Å². The maximum atomic E-state index is 13.6. The van der Waals surface area contributed by atoms with Crippen molar-refractivity contribution in [1.29, 1.82) is 0 Å². The third-order valence-electron chi connectivity index (χ3n) is 2.51. The number of terminal acetylenes is 1. The second kappa shape index (κ2) is 4.81. The van der Waals surface area contributed by atoms with E-state index < -0.39 is 0 Å². The van der Waals surface area contributed by atoms with Gasteiger partial charge in [-0.25, -0.2) is 4.39 Å². The minimum absolute atomic E-state index is 0.0362. The fraction of sp³-hybridized carbons (Fsp3) is 0.385. The Morgan fingerprint density at radius 3 is 2.57 bits per heavy atom. The van der Waals surface area contributed by atoms with E-state index in [1.165, 1.54) is 0 Å². The molecule has 1 heteroatoms. The van der Waals surface area contributed by atoms with Crippen LogP contribution in [-0.4, -0.2) is 0 Å². The molecule has 0 nitrogen and oxygen atoms in total. The van der Waals surface area contributed by atoms with Gasteiger partial charge in [0.25, 0.3) is 0 Å². The molecule has 0 N–H and O–H groups in total. The number of halogens is 1. The first-order chi connectivity index (χ1) is 6.72. The Morgan fingerprint density at radius 1 is 1.36 bits per heavy atom. The Hall–Kier alpha value is -1.29. The molecular formula is C13H15F. The summed E-state index contributed by atoms with van der Waals surface area (Å²) < 4.78 is 13.6. The van der Waals surface area contributed by atoms with Crippen LogP contribution < -0.4 is 0 Å². The molecule has 0 amide bonds. The van der Waals surface area contributed by atoms with E-state index in [2.05, 4.69) is 5.92 Å². The highest BCUT2D eigenvalue weighted by molar-refractivity contribution is 5.47. The zero-order chi connectivity index (χ0) is 10.6. The molecule has 1 aliphatic rings. The zero-order valence-electron chi connectivity index (χ0n) is 8.73. The van der Waals surface area contributed by atoms with Gasteiger partial charge in [0.05, 0.1) is 0 Å². The lowest BCUT2D eigenvalue weighted by atomic mass is 10.0. The van der Waals surface area contributed by atoms with E-state index in [0.29, 0.717) is 6.42 Å². The molecule has 0 spiro atoms. The molecule has 0 saturated heterocycles. The molecule has 0 unspecified atom stereocenters. The van der Waals surface area contributed by atoms with E-state index in [1.807, 2.05) is 19.9 Å². The van der Waals surface area contributed by atoms with Gasteiger partial charge in [0.15, 0.2) is 0 Å². The summed E-state index contributed by atoms with van der Waals surface area (Å²) in [5.41, 5.74) is 2.62. The zero-order valence-corrected chi connectivity index (χ0v) is 8.73. The monoisotopic (exact) mass is 190 g/mol. The third-order valence-corrected chi connectivity index (χ3v) is 2.51. The van der Waals surface area contributed by atoms with Crippen LogP contribution in [0.4, 0.5) is 4.39 Å². The third kappa shape index (κ3) is 2.14. The van der Waals surface area contributed by atoms with Crippen molar-refractivity contribution in [2.45, 2.75) is 33.1 Å². The van der Waals surface area contributed by atoms with Crippen LogP contribution in [0.3, 0.4) is 0 Å². The molecule has 0 saturated carbocycles. The Labute approximate surface area is 85.2 Å². The van der Waals surface area contributed by atoms with E-state index in [0.717, 1.165) is 29.6 Å². The van der Waals surface area contributed by atoms with Gasteiger partial charge in [-0.05, 0) is 30.1 Å². The molecule has 0 radical (unpaired) electrons. The summed E-state index contributed by atoms with van der Waals surface area (Å²) in [7, 11) is 0. The normalized spacial score (nSPS) is 17.0. The van der Waals surface area contributed by atoms with Gasteiger partial charge in [0.1, 0.15) is 5.83 Å². The van der Waals surface area contributed by atoms with Gasteiger partial charge >= 0.3 is 0 Å². The molecule has 0 fully saturated rings. The summed E-state index contributed by atoms with van der Waals surface area (Å²) in [6, 6.07) is 0. The smallest absolute Gasteiger partial charge is 0.107 e. The highest BCUT2D eigenvalue weighted by Crippen LogP contribution is 2.27. The van der Waals surface area contributed by atoms with Crippen LogP contribution in [0.25, 0.3) is 0 Å². The largest absolute Gasteiger partial charge is 0.211 e. The number of hydrogen-bond acceptors (Lipinski definition) is 0. The molecular weight excluding hydrogens is 175 g/mol. The second-order valence-electron chi connectivity index (χ2n) is 3.31. The highest BCUT2D eigenvalue weighted by atomic mass is 19.1. The fourth-order valence-corrected chi connectivity index (χ4v) is 1.56. The second-order valence-corrected chi connectivity index (χ2v) is 3.31. The Morgan fingerprint density at radius 2 is 2.07 bits per heavy atom. The van der Waals surface area contributed by atoms with Crippen molar-refractivity contribution in [2.24, 2.45) is 0 Å². The van der Waals surface area contributed by atoms with Gasteiger partial charge < -0.3 is 0 Å². The van der Waals surface area contributed by atoms with Crippen LogP contribution in [0.1, 0.15) is 33.1 Å². The van der Waals surface area contributed by atoms with Crippen molar-refractivity contribution >= 4 is 0 Å². The number of allylic oxidation sites excluding steroid dienone is 6. The predicted octanol–water partition coefficient (Wildman–Crippen LogP) is 3.92. The molecule has 14 heavy (non-hydrogen) atoms. The lowest BCUT2D eigenvalue weighted by Gasteiger charge is -2.04. The van der Waals surface area contributed by atoms with Crippen LogP contribution in [0, 0.1) is 12.3 Å². The fourth-order valence-electron chi connectivity index (χ4n) is 1.56. The molecule has 1 aliphatic carbocycles. The maximum Gasteiger partial charge on any atom is 0.107 e. The maximum absolute atomic E-state index is 13.6. The topological polar surface area (TPSA) is 0 Å². The number of rotatable bonds is 2. The molecule has 0 bridgehead atoms. The molecule has 0 heterocycles. The molecule has 1 rings (SSSR count). The minimum Gasteiger partial charge on any atom is -0.211 e. The quantitative estimate of drug-likeness (QED) is 0.579. The van der Waals surface area contributed by atoms with Crippen molar-refractivity contribution in [3.8, 4) is 12.3 Å². The van der Waals surface area contributed by atoms with Gasteiger partial charge in [-0.1, -0.05) is 25.8 Å². The summed E-state index contributed by atoms with van der Waals surface area (Å²) in [4.78, 5) is 0. The average molecular weight is 190 g/mol. The predicted molar refractivity (Wildman–Crippen MR) is 58.3 cm³/mol. The van der Waals surface area contributed by atoms with Crippen molar-refractivity contribution in [2.75, 3.05) is 0 Å². The van der Waals surface area contributed by atoms with Crippen molar-refractivity contribution < 1.29 is 4.39 Å². The average Bonchev–Trinajstić information content (AvgIpc) is 2.36. The summed E-state index contributed by atoms with van der Waals surface area (Å²) in [6.07, 6.45) is 10.9. The van der Waals surface area contributed by atoms with E-state index >= 15 is 0 Å². The number of hydrogen-bond donors (Lipinski definition) is 0. The summed E-state index contributed by atoms with van der Waals surface area (Å²) in [5.74, 6) is 2.57. The van der Waals surface area contributed by atoms with Gasteiger partial charge in [-0.2, -0.15) is 0 Å². The van der Waals surface area contributed by atoms with Crippen LogP contribution in [-0.2, 0) is 0 Å². The SMILES string of the molecule is C#CC1=C(CC)CC(F)=C(CC)C=C1. The van der Waals surface area contributed by atoms with Crippen LogP contribution in [0.15, 0.2) is 34.7 Å². The summed E-state index contributed by atoms with van der Waals surface area (Å²) in [6.45, 7) is 3.95. The minimum atomic E-state index is -0.0362. The van der Waals surface area contributed by atoms with Gasteiger partial charge in [-0.3, -0.25) is 0 Å². The van der Waals surface area contributed by atoms with E-state index in [1.54, 1.807) is 6.08 Å². The van der Waals surface area contributed by atoms with Crippen molar-refractivity contribution in [3.63, 3.8) is 0 Å². The first kappa shape index (κ1) is 10.8. The van der Waals surface area contributed by atoms with Crippen LogP contribution >= 0.6 is 0 Å². The molecule has 0 aromatic rings. The lowest BCUT2D eigenvalue weighted by molar-refractivity contribution is 0.594. The van der Waals surface area contributed by atoms with Gasteiger partial charge in [0, 0.05) is 12.0 Å². The molecule has 0 aromatic carbocycles. The molecule has 0 atom stereocenters. The summed E-state index contributed by atoms with van der Waals surface area (Å²) >= 11 is 0. The van der Waals surface area contributed by atoms with Crippen molar-refractivity contribution in [1.82, 2.24) is 0 Å². The molecule has 0 aromatic heterocycles. The van der Waals surface area contributed by atoms with Crippen molar-refractivity contribution in [3.05, 3.63) is 34.7 Å². The standard InChI is InChI=1S/C13H15F/c1-4-10-7-8-11(5-2)13(14)9-12(10)6-3/h1,7-8H,5-6,9H2,2-3H3. The first-order valence-corrected chi connectivity index (χ1v) is 4.97.